The van der Waals surface area contributed by atoms with E-state index in [1.807, 2.05) is 31.2 Å². The van der Waals surface area contributed by atoms with Gasteiger partial charge in [-0.15, -0.1) is 0 Å². The number of aryl methyl sites for hydroxylation is 1. The van der Waals surface area contributed by atoms with Crippen molar-refractivity contribution in [2.75, 3.05) is 12.4 Å². The molecule has 0 aliphatic rings. The molecule has 0 aliphatic heterocycles. The minimum Gasteiger partial charge on any atom is -0.380 e. The molecule has 3 nitrogen and oxygen atoms in total. The van der Waals surface area contributed by atoms with Gasteiger partial charge in [0.1, 0.15) is 11.6 Å². The van der Waals surface area contributed by atoms with Gasteiger partial charge in [0, 0.05) is 24.9 Å². The smallest absolute Gasteiger partial charge is 0.128 e. The van der Waals surface area contributed by atoms with E-state index in [0.29, 0.717) is 12.1 Å². The van der Waals surface area contributed by atoms with Crippen LogP contribution in [0.15, 0.2) is 36.4 Å². The second-order valence-corrected chi connectivity index (χ2v) is 4.38. The highest BCUT2D eigenvalue weighted by molar-refractivity contribution is 5.37. The Morgan fingerprint density at radius 2 is 2.11 bits per heavy atom. The molecule has 0 radical (unpaired) electrons. The fourth-order valence-electron chi connectivity index (χ4n) is 1.84. The van der Waals surface area contributed by atoms with Crippen LogP contribution in [-0.2, 0) is 17.9 Å². The maximum Gasteiger partial charge on any atom is 0.128 e. The maximum atomic E-state index is 13.5. The van der Waals surface area contributed by atoms with Gasteiger partial charge >= 0.3 is 0 Å². The fourth-order valence-corrected chi connectivity index (χ4v) is 1.84. The number of aromatic nitrogens is 1. The fraction of sp³-hybridized carbons (Fsp3) is 0.267. The van der Waals surface area contributed by atoms with E-state index in [-0.39, 0.29) is 12.4 Å². The van der Waals surface area contributed by atoms with Crippen molar-refractivity contribution in [1.82, 2.24) is 4.98 Å². The molecule has 100 valence electrons. The highest BCUT2D eigenvalue weighted by Crippen LogP contribution is 2.13. The summed E-state index contributed by atoms with van der Waals surface area (Å²) in [6, 6.07) is 10.8. The third kappa shape index (κ3) is 3.76. The lowest BCUT2D eigenvalue weighted by atomic mass is 10.1. The molecule has 2 aromatic rings. The predicted molar refractivity (Wildman–Crippen MR) is 73.4 cm³/mol. The van der Waals surface area contributed by atoms with Crippen LogP contribution in [0, 0.1) is 12.7 Å². The summed E-state index contributed by atoms with van der Waals surface area (Å²) >= 11 is 0. The number of hydrogen-bond donors (Lipinski definition) is 1. The van der Waals surface area contributed by atoms with Crippen molar-refractivity contribution in [3.05, 3.63) is 59.0 Å². The molecule has 4 heteroatoms. The molecule has 1 N–H and O–H groups in total. The minimum absolute atomic E-state index is 0.237. The second kappa shape index (κ2) is 6.29. The first-order valence-corrected chi connectivity index (χ1v) is 6.13. The van der Waals surface area contributed by atoms with Crippen molar-refractivity contribution in [3.8, 4) is 0 Å². The number of nitrogens with one attached hydrogen (secondary N) is 1. The summed E-state index contributed by atoms with van der Waals surface area (Å²) in [7, 11) is 1.56. The minimum atomic E-state index is -0.237. The number of ether oxygens (including phenoxy) is 1. The Kier molecular flexibility index (Phi) is 4.47. The molecule has 0 aliphatic carbocycles. The van der Waals surface area contributed by atoms with Gasteiger partial charge in [-0.05, 0) is 36.8 Å². The summed E-state index contributed by atoms with van der Waals surface area (Å²) < 4.78 is 18.4. The van der Waals surface area contributed by atoms with Crippen LogP contribution in [0.2, 0.25) is 0 Å². The lowest BCUT2D eigenvalue weighted by Gasteiger charge is -2.08. The van der Waals surface area contributed by atoms with Gasteiger partial charge in [-0.1, -0.05) is 12.1 Å². The molecule has 19 heavy (non-hydrogen) atoms. The molecular weight excluding hydrogens is 243 g/mol. The number of methoxy groups -OCH3 is 1. The molecule has 2 rings (SSSR count). The Labute approximate surface area is 112 Å². The number of nitrogens with zero attached hydrogens (tertiary/aromatic N) is 1. The van der Waals surface area contributed by atoms with Gasteiger partial charge in [0.15, 0.2) is 0 Å². The normalized spacial score (nSPS) is 10.5. The van der Waals surface area contributed by atoms with E-state index in [0.717, 1.165) is 17.1 Å². The summed E-state index contributed by atoms with van der Waals surface area (Å²) in [5.41, 5.74) is 2.53. The number of rotatable bonds is 5. The molecule has 0 bridgehead atoms. The monoisotopic (exact) mass is 260 g/mol. The van der Waals surface area contributed by atoms with E-state index in [2.05, 4.69) is 10.3 Å². The lowest BCUT2D eigenvalue weighted by Crippen LogP contribution is -2.03. The van der Waals surface area contributed by atoms with Crippen LogP contribution >= 0.6 is 0 Å². The van der Waals surface area contributed by atoms with Gasteiger partial charge in [0.2, 0.25) is 0 Å². The first-order valence-electron chi connectivity index (χ1n) is 6.13. The second-order valence-electron chi connectivity index (χ2n) is 4.38. The standard InChI is InChI=1S/C15H17FN2O/c1-11-4-3-5-15(18-11)17-9-12-6-7-14(16)13(8-12)10-19-2/h3-8H,9-10H2,1-2H3,(H,17,18). The van der Waals surface area contributed by atoms with Crippen LogP contribution in [0.25, 0.3) is 0 Å². The molecule has 0 saturated heterocycles. The average Bonchev–Trinajstić information content (AvgIpc) is 2.40. The molecule has 1 aromatic heterocycles. The Morgan fingerprint density at radius 3 is 2.84 bits per heavy atom. The Balaban J connectivity index is 2.05. The third-order valence-electron chi connectivity index (χ3n) is 2.77. The van der Waals surface area contributed by atoms with Crippen molar-refractivity contribution < 1.29 is 9.13 Å². The Bertz CT molecular complexity index is 558. The van der Waals surface area contributed by atoms with Crippen LogP contribution < -0.4 is 5.32 Å². The van der Waals surface area contributed by atoms with Crippen LogP contribution in [0.1, 0.15) is 16.8 Å². The van der Waals surface area contributed by atoms with Gasteiger partial charge in [-0.3, -0.25) is 0 Å². The molecular formula is C15H17FN2O. The molecule has 0 spiro atoms. The number of anilines is 1. The zero-order valence-corrected chi connectivity index (χ0v) is 11.1. The summed E-state index contributed by atoms with van der Waals surface area (Å²) in [4.78, 5) is 4.35. The van der Waals surface area contributed by atoms with Crippen LogP contribution in [0.5, 0.6) is 0 Å². The van der Waals surface area contributed by atoms with Gasteiger partial charge in [0.05, 0.1) is 6.61 Å². The Morgan fingerprint density at radius 1 is 1.26 bits per heavy atom. The first-order chi connectivity index (χ1) is 9.19. The number of pyridine rings is 1. The van der Waals surface area contributed by atoms with Gasteiger partial charge in [-0.2, -0.15) is 0 Å². The largest absolute Gasteiger partial charge is 0.380 e. The predicted octanol–water partition coefficient (Wildman–Crippen LogP) is 3.29. The van der Waals surface area contributed by atoms with Gasteiger partial charge < -0.3 is 10.1 Å². The summed E-state index contributed by atoms with van der Waals surface area (Å²) in [6.45, 7) is 2.83. The molecule has 0 unspecified atom stereocenters. The first kappa shape index (κ1) is 13.5. The highest BCUT2D eigenvalue weighted by Gasteiger charge is 2.03. The van der Waals surface area contributed by atoms with Crippen LogP contribution in [-0.4, -0.2) is 12.1 Å². The highest BCUT2D eigenvalue weighted by atomic mass is 19.1. The van der Waals surface area contributed by atoms with E-state index >= 15 is 0 Å². The van der Waals surface area contributed by atoms with Crippen molar-refractivity contribution in [2.45, 2.75) is 20.1 Å². The average molecular weight is 260 g/mol. The van der Waals surface area contributed by atoms with Crippen molar-refractivity contribution in [1.29, 1.82) is 0 Å². The Hall–Kier alpha value is -1.94. The zero-order valence-electron chi connectivity index (χ0n) is 11.1. The van der Waals surface area contributed by atoms with Gasteiger partial charge in [0.25, 0.3) is 0 Å². The number of hydrogen-bond acceptors (Lipinski definition) is 3. The van der Waals surface area contributed by atoms with Crippen molar-refractivity contribution in [3.63, 3.8) is 0 Å². The van der Waals surface area contributed by atoms with Crippen LogP contribution in [0.4, 0.5) is 10.2 Å². The SMILES string of the molecule is COCc1cc(CNc2cccc(C)n2)ccc1F. The zero-order chi connectivity index (χ0) is 13.7. The topological polar surface area (TPSA) is 34.1 Å². The van der Waals surface area contributed by atoms with E-state index < -0.39 is 0 Å². The molecule has 0 atom stereocenters. The molecule has 1 aromatic carbocycles. The van der Waals surface area contributed by atoms with E-state index in [4.69, 9.17) is 4.74 Å². The van der Waals surface area contributed by atoms with E-state index in [1.165, 1.54) is 6.07 Å². The molecule has 1 heterocycles. The molecule has 0 amide bonds. The number of benzene rings is 1. The number of halogens is 1. The van der Waals surface area contributed by atoms with Gasteiger partial charge in [-0.25, -0.2) is 9.37 Å². The van der Waals surface area contributed by atoms with Crippen molar-refractivity contribution in [2.24, 2.45) is 0 Å². The summed E-state index contributed by atoms with van der Waals surface area (Å²) in [5, 5.41) is 3.22. The lowest BCUT2D eigenvalue weighted by molar-refractivity contribution is 0.181. The molecule has 0 fully saturated rings. The molecule has 0 saturated carbocycles. The van der Waals surface area contributed by atoms with E-state index in [9.17, 15) is 4.39 Å². The summed E-state index contributed by atoms with van der Waals surface area (Å²) in [6.07, 6.45) is 0. The summed E-state index contributed by atoms with van der Waals surface area (Å²) in [5.74, 6) is 0.580. The van der Waals surface area contributed by atoms with E-state index in [1.54, 1.807) is 13.2 Å². The quantitative estimate of drug-likeness (QED) is 0.895. The van der Waals surface area contributed by atoms with Crippen molar-refractivity contribution >= 4 is 5.82 Å². The third-order valence-corrected chi connectivity index (χ3v) is 2.77. The maximum absolute atomic E-state index is 13.5. The van der Waals surface area contributed by atoms with Crippen LogP contribution in [0.3, 0.4) is 0 Å².